The summed E-state index contributed by atoms with van der Waals surface area (Å²) in [6.07, 6.45) is 2.08. The summed E-state index contributed by atoms with van der Waals surface area (Å²) in [7, 11) is 6.57. The third-order valence-electron chi connectivity index (χ3n) is 3.52. The van der Waals surface area contributed by atoms with Crippen LogP contribution < -0.4 is 24.0 Å². The molecule has 0 radical (unpaired) electrons. The van der Waals surface area contributed by atoms with E-state index in [1.807, 2.05) is 12.1 Å². The minimum Gasteiger partial charge on any atom is -1.00 e. The third kappa shape index (κ3) is 3.03. The van der Waals surface area contributed by atoms with Gasteiger partial charge >= 0.3 is 0 Å². The number of fused-ring (bicyclic) bond motifs is 3. The molecule has 0 aliphatic rings. The molecule has 1 aromatic carbocycles. The molecule has 0 atom stereocenters. The molecule has 2 aromatic heterocycles. The summed E-state index contributed by atoms with van der Waals surface area (Å²) in [5.74, 6) is 0. The molecule has 0 fully saturated rings. The first kappa shape index (κ1) is 16.5. The van der Waals surface area contributed by atoms with E-state index in [-0.39, 0.29) is 24.0 Å². The average Bonchev–Trinajstić information content (AvgIpc) is 2.65. The van der Waals surface area contributed by atoms with E-state index in [2.05, 4.69) is 50.8 Å². The molecule has 3 rings (SSSR count). The van der Waals surface area contributed by atoms with Crippen LogP contribution in [0, 0.1) is 6.92 Å². The number of rotatable bonds is 2. The van der Waals surface area contributed by atoms with Gasteiger partial charge in [0, 0.05) is 22.0 Å². The zero-order valence-electron chi connectivity index (χ0n) is 12.7. The van der Waals surface area contributed by atoms with Crippen molar-refractivity contribution in [2.45, 2.75) is 13.5 Å². The molecule has 0 N–H and O–H groups in total. The van der Waals surface area contributed by atoms with Gasteiger partial charge in [-0.3, -0.25) is 4.40 Å². The molecule has 5 heteroatoms. The first-order valence-corrected chi connectivity index (χ1v) is 7.10. The van der Waals surface area contributed by atoms with Gasteiger partial charge in [-0.2, -0.15) is 0 Å². The van der Waals surface area contributed by atoms with Crippen molar-refractivity contribution >= 4 is 28.0 Å². The summed E-state index contributed by atoms with van der Waals surface area (Å²) >= 11 is 6.27. The molecule has 0 amide bonds. The monoisotopic (exact) mass is 415 g/mol. The summed E-state index contributed by atoms with van der Waals surface area (Å²) < 4.78 is 3.07. The number of pyridine rings is 1. The highest BCUT2D eigenvalue weighted by molar-refractivity contribution is 6.35. The van der Waals surface area contributed by atoms with Crippen molar-refractivity contribution in [1.82, 2.24) is 9.38 Å². The number of quaternary nitrogens is 1. The van der Waals surface area contributed by atoms with Crippen LogP contribution >= 0.6 is 11.6 Å². The molecule has 21 heavy (non-hydrogen) atoms. The number of hydrogen-bond acceptors (Lipinski definition) is 1. The highest BCUT2D eigenvalue weighted by Gasteiger charge is 2.18. The molecule has 0 aliphatic carbocycles. The first-order valence-electron chi connectivity index (χ1n) is 6.72. The van der Waals surface area contributed by atoms with Gasteiger partial charge in [0.25, 0.3) is 0 Å². The zero-order valence-corrected chi connectivity index (χ0v) is 15.6. The lowest BCUT2D eigenvalue weighted by Gasteiger charge is -2.23. The lowest BCUT2D eigenvalue weighted by atomic mass is 10.2. The second kappa shape index (κ2) is 5.74. The number of aromatic nitrogens is 2. The van der Waals surface area contributed by atoms with Gasteiger partial charge in [-0.25, -0.2) is 4.98 Å². The SMILES string of the molecule is Cc1nc2c3cccc(Cl)c3ccn2c1C[N+](C)(C)C.[I-]. The molecule has 0 aliphatic heterocycles. The average molecular weight is 416 g/mol. The topological polar surface area (TPSA) is 17.3 Å². The minimum atomic E-state index is 0. The molecule has 0 saturated heterocycles. The van der Waals surface area contributed by atoms with Crippen molar-refractivity contribution in [1.29, 1.82) is 0 Å². The fourth-order valence-corrected chi connectivity index (χ4v) is 2.86. The van der Waals surface area contributed by atoms with E-state index in [1.165, 1.54) is 5.69 Å². The van der Waals surface area contributed by atoms with Crippen molar-refractivity contribution in [2.24, 2.45) is 0 Å². The van der Waals surface area contributed by atoms with Crippen molar-refractivity contribution in [3.8, 4) is 0 Å². The van der Waals surface area contributed by atoms with Crippen LogP contribution in [0.1, 0.15) is 11.4 Å². The maximum Gasteiger partial charge on any atom is 0.145 e. The highest BCUT2D eigenvalue weighted by Crippen LogP contribution is 2.28. The van der Waals surface area contributed by atoms with Crippen molar-refractivity contribution in [2.75, 3.05) is 21.1 Å². The van der Waals surface area contributed by atoms with Crippen LogP contribution in [0.25, 0.3) is 16.4 Å². The maximum absolute atomic E-state index is 6.27. The Balaban J connectivity index is 0.00000161. The van der Waals surface area contributed by atoms with Crippen LogP contribution in [0.3, 0.4) is 0 Å². The van der Waals surface area contributed by atoms with Crippen LogP contribution in [-0.2, 0) is 6.54 Å². The van der Waals surface area contributed by atoms with Gasteiger partial charge < -0.3 is 28.5 Å². The second-order valence-corrected chi connectivity index (χ2v) is 6.71. The van der Waals surface area contributed by atoms with Crippen molar-refractivity contribution in [3.05, 3.63) is 46.9 Å². The van der Waals surface area contributed by atoms with Crippen LogP contribution in [0.5, 0.6) is 0 Å². The maximum atomic E-state index is 6.27. The summed E-state index contributed by atoms with van der Waals surface area (Å²) in [5.41, 5.74) is 3.34. The largest absolute Gasteiger partial charge is 1.00 e. The Morgan fingerprint density at radius 3 is 2.52 bits per heavy atom. The smallest absolute Gasteiger partial charge is 0.145 e. The van der Waals surface area contributed by atoms with E-state index in [1.54, 1.807) is 0 Å². The predicted octanol–water partition coefficient (Wildman–Crippen LogP) is 0.660. The molecule has 3 aromatic rings. The number of aryl methyl sites for hydroxylation is 1. The molecular formula is C16H19ClIN3. The normalized spacial score (nSPS) is 11.9. The highest BCUT2D eigenvalue weighted by atomic mass is 127. The molecule has 0 unspecified atom stereocenters. The Kier molecular flexibility index (Phi) is 4.52. The van der Waals surface area contributed by atoms with Gasteiger partial charge in [0.05, 0.1) is 26.8 Å². The summed E-state index contributed by atoms with van der Waals surface area (Å²) in [5, 5.41) is 2.94. The lowest BCUT2D eigenvalue weighted by Crippen LogP contribution is -3.00. The van der Waals surface area contributed by atoms with Gasteiger partial charge in [-0.15, -0.1) is 0 Å². The van der Waals surface area contributed by atoms with E-state index in [9.17, 15) is 0 Å². The standard InChI is InChI=1S/C16H19ClN3.HI/c1-11-15(10-20(2,3)4)19-9-8-12-13(16(19)18-11)6-5-7-14(12)17;/h5-9H,10H2,1-4H3;1H/q+1;/p-1. The van der Waals surface area contributed by atoms with E-state index in [4.69, 9.17) is 16.6 Å². The molecule has 0 saturated carbocycles. The predicted molar refractivity (Wildman–Crippen MR) is 84.2 cm³/mol. The number of benzene rings is 1. The third-order valence-corrected chi connectivity index (χ3v) is 3.85. The molecule has 2 heterocycles. The van der Waals surface area contributed by atoms with E-state index in [0.717, 1.165) is 38.2 Å². The van der Waals surface area contributed by atoms with Crippen LogP contribution in [0.15, 0.2) is 30.5 Å². The molecule has 112 valence electrons. The molecule has 0 bridgehead atoms. The van der Waals surface area contributed by atoms with Gasteiger partial charge in [0.2, 0.25) is 0 Å². The van der Waals surface area contributed by atoms with Gasteiger partial charge in [0.1, 0.15) is 17.9 Å². The first-order chi connectivity index (χ1) is 9.37. The van der Waals surface area contributed by atoms with E-state index >= 15 is 0 Å². The Morgan fingerprint density at radius 2 is 1.86 bits per heavy atom. The second-order valence-electron chi connectivity index (χ2n) is 6.30. The minimum absolute atomic E-state index is 0. The summed E-state index contributed by atoms with van der Waals surface area (Å²) in [6.45, 7) is 3.02. The molecule has 0 spiro atoms. The quantitative estimate of drug-likeness (QED) is 0.444. The number of imidazole rings is 1. The number of halogens is 2. The molecular weight excluding hydrogens is 397 g/mol. The van der Waals surface area contributed by atoms with Crippen molar-refractivity contribution < 1.29 is 28.5 Å². The number of hydrogen-bond donors (Lipinski definition) is 0. The summed E-state index contributed by atoms with van der Waals surface area (Å²) in [4.78, 5) is 4.76. The van der Waals surface area contributed by atoms with E-state index in [0.29, 0.717) is 0 Å². The Hall–Kier alpha value is -0.850. The number of nitrogens with zero attached hydrogens (tertiary/aromatic N) is 3. The Morgan fingerprint density at radius 1 is 1.14 bits per heavy atom. The van der Waals surface area contributed by atoms with E-state index < -0.39 is 0 Å². The fraction of sp³-hybridized carbons (Fsp3) is 0.312. The molecule has 3 nitrogen and oxygen atoms in total. The van der Waals surface area contributed by atoms with Gasteiger partial charge in [-0.1, -0.05) is 23.7 Å². The lowest BCUT2D eigenvalue weighted by molar-refractivity contribution is -0.884. The fourth-order valence-electron chi connectivity index (χ4n) is 2.62. The van der Waals surface area contributed by atoms with Gasteiger partial charge in [-0.05, 0) is 19.1 Å². The summed E-state index contributed by atoms with van der Waals surface area (Å²) in [6, 6.07) is 8.06. The van der Waals surface area contributed by atoms with Gasteiger partial charge in [0.15, 0.2) is 0 Å². The van der Waals surface area contributed by atoms with Crippen LogP contribution in [0.4, 0.5) is 0 Å². The van der Waals surface area contributed by atoms with Crippen LogP contribution in [0.2, 0.25) is 5.02 Å². The Bertz CT molecular complexity index is 802. The van der Waals surface area contributed by atoms with Crippen molar-refractivity contribution in [3.63, 3.8) is 0 Å². The zero-order chi connectivity index (χ0) is 14.5. The Labute approximate surface area is 147 Å². The van der Waals surface area contributed by atoms with Crippen LogP contribution in [-0.4, -0.2) is 35.0 Å².